The van der Waals surface area contributed by atoms with E-state index in [0.29, 0.717) is 31.9 Å². The van der Waals surface area contributed by atoms with Crippen LogP contribution in [0.5, 0.6) is 0 Å². The standard InChI is InChI=1S/C20H24F3N5O3S/c21-20(22,23)17-3-1-16(2-4-17)15-32(29,30)28-7-5-26(6-8-28)18-13-19(25-24-14-18)27-9-11-31-12-10-27/h1-4,13-14H,5-12,15H2. The monoisotopic (exact) mass is 471 g/mol. The van der Waals surface area contributed by atoms with Gasteiger partial charge in [-0.2, -0.15) is 22.6 Å². The third-order valence-corrected chi connectivity index (χ3v) is 7.44. The van der Waals surface area contributed by atoms with Crippen molar-refractivity contribution in [3.8, 4) is 0 Å². The number of anilines is 2. The molecule has 32 heavy (non-hydrogen) atoms. The Morgan fingerprint density at radius 2 is 1.59 bits per heavy atom. The second kappa shape index (κ2) is 9.20. The minimum atomic E-state index is -4.45. The Morgan fingerprint density at radius 3 is 2.22 bits per heavy atom. The van der Waals surface area contributed by atoms with E-state index in [-0.39, 0.29) is 18.8 Å². The van der Waals surface area contributed by atoms with E-state index in [9.17, 15) is 21.6 Å². The highest BCUT2D eigenvalue weighted by Crippen LogP contribution is 2.29. The maximum Gasteiger partial charge on any atom is 0.416 e. The Hall–Kier alpha value is -2.44. The number of rotatable bonds is 5. The van der Waals surface area contributed by atoms with Crippen molar-refractivity contribution in [1.82, 2.24) is 14.5 Å². The lowest BCUT2D eigenvalue weighted by atomic mass is 10.1. The third kappa shape index (κ3) is 5.30. The summed E-state index contributed by atoms with van der Waals surface area (Å²) in [5, 5.41) is 8.29. The van der Waals surface area contributed by atoms with E-state index >= 15 is 0 Å². The average molecular weight is 472 g/mol. The molecule has 0 unspecified atom stereocenters. The highest BCUT2D eigenvalue weighted by Gasteiger charge is 2.31. The van der Waals surface area contributed by atoms with Gasteiger partial charge >= 0.3 is 6.18 Å². The topological polar surface area (TPSA) is 78.9 Å². The summed E-state index contributed by atoms with van der Waals surface area (Å²) in [6, 6.07) is 6.19. The first-order chi connectivity index (χ1) is 15.2. The van der Waals surface area contributed by atoms with Gasteiger partial charge in [-0.1, -0.05) is 12.1 Å². The van der Waals surface area contributed by atoms with Gasteiger partial charge in [-0.05, 0) is 17.7 Å². The lowest BCUT2D eigenvalue weighted by Gasteiger charge is -2.35. The molecule has 1 aromatic heterocycles. The molecule has 12 heteroatoms. The molecule has 2 fully saturated rings. The van der Waals surface area contributed by atoms with E-state index in [1.165, 1.54) is 16.4 Å². The quantitative estimate of drug-likeness (QED) is 0.660. The first-order valence-corrected chi connectivity index (χ1v) is 11.9. The molecule has 0 radical (unpaired) electrons. The lowest BCUT2D eigenvalue weighted by molar-refractivity contribution is -0.137. The first kappa shape index (κ1) is 22.7. The predicted octanol–water partition coefficient (Wildman–Crippen LogP) is 1.98. The summed E-state index contributed by atoms with van der Waals surface area (Å²) in [5.41, 5.74) is 0.407. The molecular weight excluding hydrogens is 447 g/mol. The van der Waals surface area contributed by atoms with Crippen LogP contribution >= 0.6 is 0 Å². The van der Waals surface area contributed by atoms with E-state index < -0.39 is 21.8 Å². The fourth-order valence-electron chi connectivity index (χ4n) is 3.78. The van der Waals surface area contributed by atoms with Gasteiger partial charge in [0.1, 0.15) is 0 Å². The van der Waals surface area contributed by atoms with E-state index in [1.807, 2.05) is 6.07 Å². The largest absolute Gasteiger partial charge is 0.416 e. The van der Waals surface area contributed by atoms with Crippen LogP contribution in [0, 0.1) is 0 Å². The van der Waals surface area contributed by atoms with Crippen molar-refractivity contribution >= 4 is 21.5 Å². The van der Waals surface area contributed by atoms with Crippen LogP contribution in [0.4, 0.5) is 24.7 Å². The fourth-order valence-corrected chi connectivity index (χ4v) is 5.30. The molecule has 2 saturated heterocycles. The van der Waals surface area contributed by atoms with Gasteiger partial charge in [0.25, 0.3) is 0 Å². The van der Waals surface area contributed by atoms with Gasteiger partial charge < -0.3 is 14.5 Å². The number of ether oxygens (including phenoxy) is 1. The van der Waals surface area contributed by atoms with Crippen LogP contribution in [0.3, 0.4) is 0 Å². The highest BCUT2D eigenvalue weighted by atomic mass is 32.2. The molecule has 8 nitrogen and oxygen atoms in total. The second-order valence-electron chi connectivity index (χ2n) is 7.71. The third-order valence-electron chi connectivity index (χ3n) is 5.59. The van der Waals surface area contributed by atoms with Crippen LogP contribution in [-0.2, 0) is 26.7 Å². The van der Waals surface area contributed by atoms with Crippen LogP contribution in [0.25, 0.3) is 0 Å². The number of hydrogen-bond donors (Lipinski definition) is 0. The number of sulfonamides is 1. The molecular formula is C20H24F3N5O3S. The number of benzene rings is 1. The van der Waals surface area contributed by atoms with Crippen molar-refractivity contribution in [2.45, 2.75) is 11.9 Å². The molecule has 0 N–H and O–H groups in total. The molecule has 174 valence electrons. The number of alkyl halides is 3. The van der Waals surface area contributed by atoms with E-state index in [2.05, 4.69) is 20.0 Å². The van der Waals surface area contributed by atoms with E-state index in [1.54, 1.807) is 6.20 Å². The van der Waals surface area contributed by atoms with Crippen LogP contribution in [0.1, 0.15) is 11.1 Å². The van der Waals surface area contributed by atoms with Crippen LogP contribution in [-0.4, -0.2) is 75.4 Å². The molecule has 0 aliphatic carbocycles. The van der Waals surface area contributed by atoms with E-state index in [0.717, 1.165) is 36.7 Å². The maximum atomic E-state index is 12.8. The molecule has 2 aliphatic rings. The molecule has 0 amide bonds. The van der Waals surface area contributed by atoms with Crippen molar-refractivity contribution < 1.29 is 26.3 Å². The molecule has 3 heterocycles. The molecule has 1 aromatic carbocycles. The molecule has 0 spiro atoms. The number of halogens is 3. The number of aromatic nitrogens is 2. The van der Waals surface area contributed by atoms with Gasteiger partial charge in [0, 0.05) is 45.3 Å². The smallest absolute Gasteiger partial charge is 0.378 e. The molecule has 0 bridgehead atoms. The molecule has 2 aromatic rings. The summed E-state index contributed by atoms with van der Waals surface area (Å²) < 4.78 is 70.4. The Morgan fingerprint density at radius 1 is 0.938 bits per heavy atom. The van der Waals surface area contributed by atoms with Gasteiger partial charge in [0.15, 0.2) is 5.82 Å². The molecule has 2 aliphatic heterocycles. The van der Waals surface area contributed by atoms with Crippen LogP contribution in [0.15, 0.2) is 36.5 Å². The lowest BCUT2D eigenvalue weighted by Crippen LogP contribution is -2.49. The van der Waals surface area contributed by atoms with Gasteiger partial charge in [0.2, 0.25) is 10.0 Å². The summed E-state index contributed by atoms with van der Waals surface area (Å²) in [5.74, 6) is 0.437. The van der Waals surface area contributed by atoms with Crippen LogP contribution < -0.4 is 9.80 Å². The Balaban J connectivity index is 1.36. The summed E-state index contributed by atoms with van der Waals surface area (Å²) >= 11 is 0. The zero-order chi connectivity index (χ0) is 22.8. The highest BCUT2D eigenvalue weighted by molar-refractivity contribution is 7.88. The van der Waals surface area contributed by atoms with Gasteiger partial charge in [-0.3, -0.25) is 0 Å². The Bertz CT molecular complexity index is 1020. The SMILES string of the molecule is O=S(=O)(Cc1ccc(C(F)(F)F)cc1)N1CCN(c2cnnc(N3CCOCC3)c2)CC1. The average Bonchev–Trinajstić information content (AvgIpc) is 2.79. The second-order valence-corrected chi connectivity index (χ2v) is 9.68. The summed E-state index contributed by atoms with van der Waals surface area (Å²) in [6.45, 7) is 4.32. The minimum Gasteiger partial charge on any atom is -0.378 e. The van der Waals surface area contributed by atoms with Crippen molar-refractivity contribution in [2.24, 2.45) is 0 Å². The Labute approximate surface area is 184 Å². The Kier molecular flexibility index (Phi) is 6.54. The predicted molar refractivity (Wildman–Crippen MR) is 113 cm³/mol. The van der Waals surface area contributed by atoms with Crippen molar-refractivity contribution in [2.75, 3.05) is 62.3 Å². The number of piperazine rings is 1. The van der Waals surface area contributed by atoms with Crippen molar-refractivity contribution in [1.29, 1.82) is 0 Å². The van der Waals surface area contributed by atoms with Crippen LogP contribution in [0.2, 0.25) is 0 Å². The van der Waals surface area contributed by atoms with Gasteiger partial charge in [-0.25, -0.2) is 8.42 Å². The zero-order valence-corrected chi connectivity index (χ0v) is 18.1. The van der Waals surface area contributed by atoms with Crippen molar-refractivity contribution in [3.63, 3.8) is 0 Å². The zero-order valence-electron chi connectivity index (χ0n) is 17.3. The number of morpholine rings is 1. The van der Waals surface area contributed by atoms with E-state index in [4.69, 9.17) is 4.74 Å². The molecule has 4 rings (SSSR count). The summed E-state index contributed by atoms with van der Waals surface area (Å²) in [4.78, 5) is 4.16. The van der Waals surface area contributed by atoms with Gasteiger partial charge in [-0.15, -0.1) is 5.10 Å². The van der Waals surface area contributed by atoms with Gasteiger partial charge in [0.05, 0.1) is 36.4 Å². The summed E-state index contributed by atoms with van der Waals surface area (Å²) in [6.07, 6.45) is -2.78. The summed E-state index contributed by atoms with van der Waals surface area (Å²) in [7, 11) is -3.64. The molecule has 0 saturated carbocycles. The minimum absolute atomic E-state index is 0.290. The van der Waals surface area contributed by atoms with Crippen molar-refractivity contribution in [3.05, 3.63) is 47.7 Å². The normalized spacial score (nSPS) is 18.7. The fraction of sp³-hybridized carbons (Fsp3) is 0.500. The first-order valence-electron chi connectivity index (χ1n) is 10.3. The number of nitrogens with zero attached hydrogens (tertiary/aromatic N) is 5. The number of hydrogen-bond acceptors (Lipinski definition) is 7. The maximum absolute atomic E-state index is 12.8. The molecule has 0 atom stereocenters.